The summed E-state index contributed by atoms with van der Waals surface area (Å²) in [4.78, 5) is 26.1. The van der Waals surface area contributed by atoms with E-state index < -0.39 is 0 Å². The molecule has 0 spiro atoms. The number of para-hydroxylation sites is 1. The molecule has 0 unspecified atom stereocenters. The molecule has 2 aromatic carbocycles. The van der Waals surface area contributed by atoms with Crippen LogP contribution in [0.3, 0.4) is 0 Å². The Labute approximate surface area is 177 Å². The highest BCUT2D eigenvalue weighted by Gasteiger charge is 2.18. The van der Waals surface area contributed by atoms with Gasteiger partial charge < -0.3 is 4.98 Å². The predicted octanol–water partition coefficient (Wildman–Crippen LogP) is 5.17. The fourth-order valence-electron chi connectivity index (χ4n) is 3.64. The molecule has 0 saturated carbocycles. The van der Waals surface area contributed by atoms with Gasteiger partial charge >= 0.3 is 0 Å². The molecule has 0 saturated heterocycles. The average Bonchev–Trinajstić information content (AvgIpc) is 3.14. The summed E-state index contributed by atoms with van der Waals surface area (Å²) in [5.74, 6) is 0.680. The maximum absolute atomic E-state index is 13.7. The van der Waals surface area contributed by atoms with E-state index >= 15 is 0 Å². The minimum Gasteiger partial charge on any atom is -0.349 e. The number of aryl methyl sites for hydroxylation is 2. The van der Waals surface area contributed by atoms with E-state index in [0.717, 1.165) is 33.3 Å². The van der Waals surface area contributed by atoms with Gasteiger partial charge in [-0.3, -0.25) is 14.3 Å². The first-order valence-electron chi connectivity index (χ1n) is 9.74. The van der Waals surface area contributed by atoms with E-state index in [1.54, 1.807) is 22.5 Å². The summed E-state index contributed by atoms with van der Waals surface area (Å²) in [6.07, 6.45) is 3.61. The molecule has 0 aliphatic rings. The van der Waals surface area contributed by atoms with Gasteiger partial charge in [0.05, 0.1) is 5.69 Å². The Bertz CT molecular complexity index is 1440. The van der Waals surface area contributed by atoms with Crippen LogP contribution in [0.2, 0.25) is 0 Å². The fraction of sp³-hybridized carbons (Fsp3) is 0.125. The molecule has 3 aromatic heterocycles. The van der Waals surface area contributed by atoms with Gasteiger partial charge in [0.1, 0.15) is 11.0 Å². The van der Waals surface area contributed by atoms with Crippen molar-refractivity contribution in [3.63, 3.8) is 0 Å². The summed E-state index contributed by atoms with van der Waals surface area (Å²) in [6.45, 7) is 4.05. The van der Waals surface area contributed by atoms with Gasteiger partial charge in [-0.05, 0) is 48.7 Å². The SMILES string of the molecule is Cc1ccc(C)c(-n2c(SCc3cccnc3)nc3c([nH]c4ccccc43)c2=O)c1. The lowest BCUT2D eigenvalue weighted by molar-refractivity contribution is 0.812. The first-order valence-corrected chi connectivity index (χ1v) is 10.7. The molecule has 30 heavy (non-hydrogen) atoms. The van der Waals surface area contributed by atoms with Crippen molar-refractivity contribution in [2.75, 3.05) is 0 Å². The van der Waals surface area contributed by atoms with Crippen LogP contribution in [0.15, 0.2) is 76.9 Å². The van der Waals surface area contributed by atoms with Gasteiger partial charge in [0, 0.05) is 29.0 Å². The number of thioether (sulfide) groups is 1. The molecule has 5 nitrogen and oxygen atoms in total. The number of rotatable bonds is 4. The van der Waals surface area contributed by atoms with Crippen molar-refractivity contribution in [2.45, 2.75) is 24.8 Å². The van der Waals surface area contributed by atoms with Gasteiger partial charge in [0.25, 0.3) is 5.56 Å². The minimum atomic E-state index is -0.0846. The topological polar surface area (TPSA) is 63.6 Å². The van der Waals surface area contributed by atoms with Crippen LogP contribution in [0, 0.1) is 13.8 Å². The maximum atomic E-state index is 13.7. The smallest absolute Gasteiger partial charge is 0.283 e. The zero-order valence-corrected chi connectivity index (χ0v) is 17.5. The highest BCUT2D eigenvalue weighted by atomic mass is 32.2. The third-order valence-corrected chi connectivity index (χ3v) is 6.20. The summed E-state index contributed by atoms with van der Waals surface area (Å²) >= 11 is 1.55. The molecule has 0 aliphatic heterocycles. The summed E-state index contributed by atoms with van der Waals surface area (Å²) in [5, 5.41) is 1.63. The van der Waals surface area contributed by atoms with Crippen molar-refractivity contribution in [3.05, 3.63) is 94.0 Å². The maximum Gasteiger partial charge on any atom is 0.283 e. The molecule has 0 aliphatic carbocycles. The summed E-state index contributed by atoms with van der Waals surface area (Å²) < 4.78 is 1.74. The number of hydrogen-bond donors (Lipinski definition) is 1. The van der Waals surface area contributed by atoms with E-state index in [0.29, 0.717) is 21.9 Å². The van der Waals surface area contributed by atoms with E-state index in [1.165, 1.54) is 0 Å². The summed E-state index contributed by atoms with van der Waals surface area (Å²) in [6, 6.07) is 18.0. The zero-order valence-electron chi connectivity index (χ0n) is 16.7. The van der Waals surface area contributed by atoms with Crippen LogP contribution in [-0.2, 0) is 5.75 Å². The molecule has 0 bridgehead atoms. The van der Waals surface area contributed by atoms with Crippen LogP contribution < -0.4 is 5.56 Å². The molecule has 148 valence electrons. The van der Waals surface area contributed by atoms with Crippen molar-refractivity contribution >= 4 is 33.7 Å². The standard InChI is InChI=1S/C24H20N4OS/c1-15-9-10-16(2)20(12-15)28-23(29)22-21(18-7-3-4-8-19(18)26-22)27-24(28)30-14-17-6-5-11-25-13-17/h3-13,26H,14H2,1-2H3. The minimum absolute atomic E-state index is 0.0846. The van der Waals surface area contributed by atoms with Crippen molar-refractivity contribution < 1.29 is 0 Å². The average molecular weight is 413 g/mol. The molecule has 5 rings (SSSR count). The molecule has 1 N–H and O–H groups in total. The molecule has 0 radical (unpaired) electrons. The predicted molar refractivity (Wildman–Crippen MR) is 122 cm³/mol. The molecule has 0 fully saturated rings. The van der Waals surface area contributed by atoms with E-state index in [1.807, 2.05) is 68.6 Å². The van der Waals surface area contributed by atoms with Gasteiger partial charge in [0.2, 0.25) is 0 Å². The Balaban J connectivity index is 1.77. The second-order valence-corrected chi connectivity index (χ2v) is 8.31. The zero-order chi connectivity index (χ0) is 20.7. The number of aromatic amines is 1. The van der Waals surface area contributed by atoms with Crippen molar-refractivity contribution in [1.82, 2.24) is 19.5 Å². The monoisotopic (exact) mass is 412 g/mol. The Morgan fingerprint density at radius 1 is 1.07 bits per heavy atom. The largest absolute Gasteiger partial charge is 0.349 e. The van der Waals surface area contributed by atoms with E-state index in [2.05, 4.69) is 16.0 Å². The molecular formula is C24H20N4OS. The van der Waals surface area contributed by atoms with E-state index in [-0.39, 0.29) is 5.56 Å². The second kappa shape index (κ2) is 7.46. The lowest BCUT2D eigenvalue weighted by atomic mass is 10.1. The first kappa shape index (κ1) is 18.6. The Morgan fingerprint density at radius 3 is 2.77 bits per heavy atom. The highest BCUT2D eigenvalue weighted by molar-refractivity contribution is 7.98. The number of benzene rings is 2. The second-order valence-electron chi connectivity index (χ2n) is 7.37. The van der Waals surface area contributed by atoms with Gasteiger partial charge in [-0.2, -0.15) is 0 Å². The van der Waals surface area contributed by atoms with Crippen molar-refractivity contribution in [1.29, 1.82) is 0 Å². The lowest BCUT2D eigenvalue weighted by Crippen LogP contribution is -2.22. The van der Waals surface area contributed by atoms with E-state index in [9.17, 15) is 4.79 Å². The number of hydrogen-bond acceptors (Lipinski definition) is 4. The normalized spacial score (nSPS) is 11.4. The van der Waals surface area contributed by atoms with E-state index in [4.69, 9.17) is 4.98 Å². The number of nitrogens with zero attached hydrogens (tertiary/aromatic N) is 3. The molecule has 5 aromatic rings. The van der Waals surface area contributed by atoms with Crippen LogP contribution in [-0.4, -0.2) is 19.5 Å². The molecule has 6 heteroatoms. The molecule has 0 amide bonds. The molecule has 3 heterocycles. The van der Waals surface area contributed by atoms with Crippen LogP contribution in [0.1, 0.15) is 16.7 Å². The fourth-order valence-corrected chi connectivity index (χ4v) is 4.58. The van der Waals surface area contributed by atoms with Gasteiger partial charge in [-0.25, -0.2) is 4.98 Å². The molecule has 0 atom stereocenters. The number of H-pyrrole nitrogens is 1. The third-order valence-electron chi connectivity index (χ3n) is 5.19. The number of fused-ring (bicyclic) bond motifs is 3. The van der Waals surface area contributed by atoms with Crippen molar-refractivity contribution in [2.24, 2.45) is 0 Å². The van der Waals surface area contributed by atoms with Crippen LogP contribution in [0.5, 0.6) is 0 Å². The Kier molecular flexibility index (Phi) is 4.64. The number of pyridine rings is 1. The van der Waals surface area contributed by atoms with Gasteiger partial charge in [-0.1, -0.05) is 48.2 Å². The molecular weight excluding hydrogens is 392 g/mol. The Morgan fingerprint density at radius 2 is 1.93 bits per heavy atom. The van der Waals surface area contributed by atoms with Crippen LogP contribution in [0.25, 0.3) is 27.6 Å². The summed E-state index contributed by atoms with van der Waals surface area (Å²) in [7, 11) is 0. The van der Waals surface area contributed by atoms with Crippen LogP contribution in [0.4, 0.5) is 0 Å². The summed E-state index contributed by atoms with van der Waals surface area (Å²) in [5.41, 5.74) is 6.15. The third kappa shape index (κ3) is 3.19. The lowest BCUT2D eigenvalue weighted by Gasteiger charge is -2.15. The van der Waals surface area contributed by atoms with Gasteiger partial charge in [-0.15, -0.1) is 0 Å². The number of aromatic nitrogens is 4. The van der Waals surface area contributed by atoms with Gasteiger partial charge in [0.15, 0.2) is 5.16 Å². The quantitative estimate of drug-likeness (QED) is 0.327. The first-order chi connectivity index (χ1) is 14.6. The van der Waals surface area contributed by atoms with Crippen molar-refractivity contribution in [3.8, 4) is 5.69 Å². The number of nitrogens with one attached hydrogen (secondary N) is 1. The highest BCUT2D eigenvalue weighted by Crippen LogP contribution is 2.29. The Hall–Kier alpha value is -3.38. The van der Waals surface area contributed by atoms with Crippen LogP contribution >= 0.6 is 11.8 Å².